The first-order valence-electron chi connectivity index (χ1n) is 13.7. The van der Waals surface area contributed by atoms with E-state index >= 15 is 0 Å². The Balaban J connectivity index is 1.19. The number of hydrazone groups is 1. The number of hydrogen-bond donors (Lipinski definition) is 1. The van der Waals surface area contributed by atoms with E-state index in [1.165, 1.54) is 25.7 Å². The van der Waals surface area contributed by atoms with Crippen molar-refractivity contribution in [3.63, 3.8) is 0 Å². The summed E-state index contributed by atoms with van der Waals surface area (Å²) in [5.41, 5.74) is 5.20. The van der Waals surface area contributed by atoms with Gasteiger partial charge in [0.1, 0.15) is 6.61 Å². The van der Waals surface area contributed by atoms with Crippen LogP contribution in [0.4, 0.5) is 17.8 Å². The third-order valence-corrected chi connectivity index (χ3v) is 7.24. The molecule has 202 valence electrons. The number of nitrogens with one attached hydrogen (secondary N) is 1. The molecule has 2 aliphatic heterocycles. The summed E-state index contributed by atoms with van der Waals surface area (Å²) < 4.78 is 13.6. The highest BCUT2D eigenvalue weighted by atomic mass is 16.5. The zero-order valence-corrected chi connectivity index (χ0v) is 22.3. The summed E-state index contributed by atoms with van der Waals surface area (Å²) in [6.07, 6.45) is 8.59. The number of rotatable bonds is 10. The number of para-hydroxylation sites is 3. The van der Waals surface area contributed by atoms with Crippen LogP contribution in [0, 0.1) is 0 Å². The van der Waals surface area contributed by atoms with Crippen molar-refractivity contribution in [1.29, 1.82) is 0 Å². The lowest BCUT2D eigenvalue weighted by Crippen LogP contribution is -2.25. The highest BCUT2D eigenvalue weighted by molar-refractivity contribution is 5.99. The second-order valence-corrected chi connectivity index (χ2v) is 9.81. The maximum absolute atomic E-state index is 6.01. The molecular formula is C29H34N8O2. The van der Waals surface area contributed by atoms with Gasteiger partial charge in [0, 0.05) is 48.8 Å². The Morgan fingerprint density at radius 2 is 1.49 bits per heavy atom. The quantitative estimate of drug-likeness (QED) is 0.238. The number of nitrogens with zero attached hydrogens (tertiary/aromatic N) is 7. The molecule has 2 aromatic heterocycles. The molecule has 0 aliphatic carbocycles. The summed E-state index contributed by atoms with van der Waals surface area (Å²) in [7, 11) is 1.65. The van der Waals surface area contributed by atoms with Crippen LogP contribution in [0.2, 0.25) is 0 Å². The van der Waals surface area contributed by atoms with Crippen LogP contribution in [0.3, 0.4) is 0 Å². The maximum Gasteiger partial charge on any atom is 0.250 e. The molecule has 0 saturated carbocycles. The molecule has 4 heterocycles. The lowest BCUT2D eigenvalue weighted by Gasteiger charge is -2.20. The average molecular weight is 527 g/mol. The Morgan fingerprint density at radius 1 is 0.846 bits per heavy atom. The van der Waals surface area contributed by atoms with Gasteiger partial charge < -0.3 is 23.8 Å². The molecule has 2 aliphatic rings. The fraction of sp³-hybridized carbons (Fsp3) is 0.379. The van der Waals surface area contributed by atoms with Crippen molar-refractivity contribution in [3.05, 3.63) is 60.3 Å². The maximum atomic E-state index is 6.01. The summed E-state index contributed by atoms with van der Waals surface area (Å²) in [6.45, 7) is 5.11. The molecule has 0 amide bonds. The van der Waals surface area contributed by atoms with Crippen molar-refractivity contribution in [2.75, 3.05) is 55.1 Å². The van der Waals surface area contributed by atoms with Crippen molar-refractivity contribution in [2.24, 2.45) is 5.10 Å². The summed E-state index contributed by atoms with van der Waals surface area (Å²) in [4.78, 5) is 18.6. The molecule has 1 N–H and O–H groups in total. The molecule has 10 heteroatoms. The van der Waals surface area contributed by atoms with Crippen LogP contribution in [-0.4, -0.2) is 65.6 Å². The molecule has 39 heavy (non-hydrogen) atoms. The van der Waals surface area contributed by atoms with E-state index in [9.17, 15) is 0 Å². The van der Waals surface area contributed by atoms with E-state index in [1.54, 1.807) is 7.11 Å². The first kappa shape index (κ1) is 25.0. The number of anilines is 3. The van der Waals surface area contributed by atoms with E-state index in [-0.39, 0.29) is 0 Å². The predicted octanol–water partition coefficient (Wildman–Crippen LogP) is 4.56. The minimum atomic E-state index is 0.471. The molecule has 2 aromatic carbocycles. The van der Waals surface area contributed by atoms with Crippen molar-refractivity contribution < 1.29 is 9.47 Å². The van der Waals surface area contributed by atoms with E-state index < -0.39 is 0 Å². The molecule has 4 aromatic rings. The van der Waals surface area contributed by atoms with Crippen molar-refractivity contribution in [1.82, 2.24) is 19.5 Å². The number of benzene rings is 2. The first-order valence-corrected chi connectivity index (χ1v) is 13.7. The third kappa shape index (κ3) is 5.59. The van der Waals surface area contributed by atoms with Crippen LogP contribution in [0.25, 0.3) is 10.9 Å². The Kier molecular flexibility index (Phi) is 7.42. The lowest BCUT2D eigenvalue weighted by atomic mass is 10.2. The molecule has 6 rings (SSSR count). The number of hydrogen-bond acceptors (Lipinski definition) is 9. The van der Waals surface area contributed by atoms with Gasteiger partial charge in [0.2, 0.25) is 17.8 Å². The number of aromatic nitrogens is 4. The minimum absolute atomic E-state index is 0.471. The fourth-order valence-electron chi connectivity index (χ4n) is 5.24. The normalized spacial score (nSPS) is 15.5. The minimum Gasteiger partial charge on any atom is -0.493 e. The Hall–Kier alpha value is -4.34. The van der Waals surface area contributed by atoms with E-state index in [4.69, 9.17) is 14.5 Å². The number of ether oxygens (including phenoxy) is 2. The summed E-state index contributed by atoms with van der Waals surface area (Å²) in [6, 6.07) is 16.0. The van der Waals surface area contributed by atoms with Crippen LogP contribution >= 0.6 is 0 Å². The van der Waals surface area contributed by atoms with E-state index in [0.29, 0.717) is 19.1 Å². The van der Waals surface area contributed by atoms with Crippen LogP contribution in [0.5, 0.6) is 11.5 Å². The van der Waals surface area contributed by atoms with Gasteiger partial charge >= 0.3 is 0 Å². The molecule has 0 unspecified atom stereocenters. The van der Waals surface area contributed by atoms with E-state index in [0.717, 1.165) is 66.0 Å². The van der Waals surface area contributed by atoms with Gasteiger partial charge in [-0.15, -0.1) is 0 Å². The largest absolute Gasteiger partial charge is 0.493 e. The van der Waals surface area contributed by atoms with Gasteiger partial charge in [0.25, 0.3) is 0 Å². The molecule has 0 bridgehead atoms. The molecule has 2 saturated heterocycles. The Labute approximate surface area is 228 Å². The van der Waals surface area contributed by atoms with E-state index in [2.05, 4.69) is 53.2 Å². The summed E-state index contributed by atoms with van der Waals surface area (Å²) >= 11 is 0. The zero-order chi connectivity index (χ0) is 26.4. The smallest absolute Gasteiger partial charge is 0.250 e. The predicted molar refractivity (Wildman–Crippen MR) is 154 cm³/mol. The number of methoxy groups -OCH3 is 1. The topological polar surface area (TPSA) is 92.9 Å². The van der Waals surface area contributed by atoms with Gasteiger partial charge in [-0.25, -0.2) is 5.43 Å². The second-order valence-electron chi connectivity index (χ2n) is 9.81. The van der Waals surface area contributed by atoms with Crippen molar-refractivity contribution in [2.45, 2.75) is 32.2 Å². The molecule has 0 spiro atoms. The Morgan fingerprint density at radius 3 is 2.18 bits per heavy atom. The molecule has 2 fully saturated rings. The van der Waals surface area contributed by atoms with Crippen LogP contribution in [0.15, 0.2) is 59.8 Å². The monoisotopic (exact) mass is 526 g/mol. The summed E-state index contributed by atoms with van der Waals surface area (Å²) in [5.74, 6) is 3.40. The van der Waals surface area contributed by atoms with Crippen molar-refractivity contribution >= 4 is 35.0 Å². The van der Waals surface area contributed by atoms with Gasteiger partial charge in [-0.1, -0.05) is 30.3 Å². The fourth-order valence-corrected chi connectivity index (χ4v) is 5.24. The molecule has 0 atom stereocenters. The molecular weight excluding hydrogens is 492 g/mol. The van der Waals surface area contributed by atoms with Crippen LogP contribution < -0.4 is 24.7 Å². The van der Waals surface area contributed by atoms with Gasteiger partial charge in [-0.2, -0.15) is 20.1 Å². The van der Waals surface area contributed by atoms with Gasteiger partial charge in [0.15, 0.2) is 11.5 Å². The average Bonchev–Trinajstić information content (AvgIpc) is 3.76. The Bertz CT molecular complexity index is 1410. The van der Waals surface area contributed by atoms with E-state index in [1.807, 2.05) is 42.6 Å². The zero-order valence-electron chi connectivity index (χ0n) is 22.3. The van der Waals surface area contributed by atoms with Gasteiger partial charge in [0.05, 0.1) is 19.9 Å². The third-order valence-electron chi connectivity index (χ3n) is 7.24. The van der Waals surface area contributed by atoms with Crippen LogP contribution in [0.1, 0.15) is 31.2 Å². The van der Waals surface area contributed by atoms with Gasteiger partial charge in [-0.05, 0) is 43.9 Å². The SMILES string of the molecule is COc1ccccc1OCCn1cc(C=NNc2nc(N3CCCC3)nc(N3CCCC3)n2)c2ccccc21. The summed E-state index contributed by atoms with van der Waals surface area (Å²) in [5, 5.41) is 5.65. The standard InChI is InChI=1S/C29H34N8O2/c1-38-25-12-4-5-13-26(25)39-19-18-37-21-22(23-10-2-3-11-24(23)37)20-30-34-27-31-28(35-14-6-7-15-35)33-29(32-27)36-16-8-9-17-36/h2-5,10-13,20-21H,6-9,14-19H2,1H3,(H,31,32,33,34). The lowest BCUT2D eigenvalue weighted by molar-refractivity contribution is 0.281. The van der Waals surface area contributed by atoms with Gasteiger partial charge in [-0.3, -0.25) is 0 Å². The highest BCUT2D eigenvalue weighted by Crippen LogP contribution is 2.27. The molecule has 0 radical (unpaired) electrons. The second kappa shape index (κ2) is 11.6. The van der Waals surface area contributed by atoms with Crippen molar-refractivity contribution in [3.8, 4) is 11.5 Å². The molecule has 10 nitrogen and oxygen atoms in total. The van der Waals surface area contributed by atoms with Crippen LogP contribution in [-0.2, 0) is 6.54 Å². The number of fused-ring (bicyclic) bond motifs is 1. The highest BCUT2D eigenvalue weighted by Gasteiger charge is 2.21. The first-order chi connectivity index (χ1) is 19.3.